The molecule has 0 aliphatic carbocycles. The summed E-state index contributed by atoms with van der Waals surface area (Å²) in [6.45, 7) is 0.603. The minimum absolute atomic E-state index is 0.0367. The maximum atomic E-state index is 5.91. The molecule has 1 atom stereocenters. The normalized spacial score (nSPS) is 19.4. The van der Waals surface area contributed by atoms with Crippen LogP contribution in [0.3, 0.4) is 0 Å². The van der Waals surface area contributed by atoms with E-state index in [0.717, 1.165) is 11.3 Å². The molecule has 1 aliphatic heterocycles. The average molecular weight is 185 g/mol. The first-order valence-corrected chi connectivity index (χ1v) is 4.76. The van der Waals surface area contributed by atoms with Gasteiger partial charge in [-0.1, -0.05) is 24.3 Å². The van der Waals surface area contributed by atoms with Gasteiger partial charge in [0.05, 0.1) is 6.04 Å². The summed E-state index contributed by atoms with van der Waals surface area (Å²) in [6, 6.07) is 12.5. The van der Waals surface area contributed by atoms with Crippen molar-refractivity contribution in [1.82, 2.24) is 0 Å². The molecule has 70 valence electrons. The minimum atomic E-state index is 0.0367. The highest BCUT2D eigenvalue weighted by Gasteiger charge is 2.20. The Bertz CT molecular complexity index is 493. The third-order valence-electron chi connectivity index (χ3n) is 2.70. The molecular formula is C12H11NO. The second kappa shape index (κ2) is 2.72. The highest BCUT2D eigenvalue weighted by molar-refractivity contribution is 5.85. The topological polar surface area (TPSA) is 35.2 Å². The molecule has 2 aromatic carbocycles. The molecule has 0 aromatic heterocycles. The Morgan fingerprint density at radius 1 is 1.14 bits per heavy atom. The highest BCUT2D eigenvalue weighted by Crippen LogP contribution is 2.34. The van der Waals surface area contributed by atoms with Gasteiger partial charge in [0, 0.05) is 5.56 Å². The fraction of sp³-hybridized carbons (Fsp3) is 0.167. The van der Waals surface area contributed by atoms with E-state index in [1.54, 1.807) is 0 Å². The summed E-state index contributed by atoms with van der Waals surface area (Å²) in [4.78, 5) is 0. The first-order chi connectivity index (χ1) is 6.84. The van der Waals surface area contributed by atoms with E-state index in [0.29, 0.717) is 6.61 Å². The molecule has 0 amide bonds. The summed E-state index contributed by atoms with van der Waals surface area (Å²) >= 11 is 0. The Balaban J connectivity index is 2.33. The summed E-state index contributed by atoms with van der Waals surface area (Å²) in [7, 11) is 0. The number of ether oxygens (including phenoxy) is 1. The maximum Gasteiger partial charge on any atom is 0.124 e. The largest absolute Gasteiger partial charge is 0.491 e. The second-order valence-corrected chi connectivity index (χ2v) is 3.65. The van der Waals surface area contributed by atoms with Crippen molar-refractivity contribution < 1.29 is 4.74 Å². The molecule has 14 heavy (non-hydrogen) atoms. The van der Waals surface area contributed by atoms with Crippen LogP contribution >= 0.6 is 0 Å². The lowest BCUT2D eigenvalue weighted by Crippen LogP contribution is -2.10. The fourth-order valence-electron chi connectivity index (χ4n) is 1.92. The van der Waals surface area contributed by atoms with Crippen molar-refractivity contribution in [2.24, 2.45) is 5.73 Å². The average Bonchev–Trinajstić information content (AvgIpc) is 2.57. The van der Waals surface area contributed by atoms with Crippen molar-refractivity contribution in [3.8, 4) is 5.75 Å². The van der Waals surface area contributed by atoms with Crippen LogP contribution in [0, 0.1) is 0 Å². The molecule has 0 radical (unpaired) electrons. The number of hydrogen-bond donors (Lipinski definition) is 1. The molecule has 3 rings (SSSR count). The molecule has 0 saturated carbocycles. The molecule has 1 heterocycles. The summed E-state index contributed by atoms with van der Waals surface area (Å²) in [5, 5.41) is 2.44. The Kier molecular flexibility index (Phi) is 1.52. The van der Waals surface area contributed by atoms with Gasteiger partial charge in [-0.2, -0.15) is 0 Å². The zero-order valence-electron chi connectivity index (χ0n) is 7.73. The van der Waals surface area contributed by atoms with Crippen LogP contribution in [0.4, 0.5) is 0 Å². The predicted octanol–water partition coefficient (Wildman–Crippen LogP) is 2.23. The van der Waals surface area contributed by atoms with E-state index in [4.69, 9.17) is 10.5 Å². The van der Waals surface area contributed by atoms with E-state index in [1.165, 1.54) is 10.8 Å². The predicted molar refractivity (Wildman–Crippen MR) is 56.4 cm³/mol. The van der Waals surface area contributed by atoms with E-state index in [9.17, 15) is 0 Å². The Labute approximate surface area is 82.3 Å². The molecule has 2 heteroatoms. The van der Waals surface area contributed by atoms with Gasteiger partial charge in [0.15, 0.2) is 0 Å². The van der Waals surface area contributed by atoms with Crippen LogP contribution in [-0.4, -0.2) is 6.61 Å². The number of hydrogen-bond acceptors (Lipinski definition) is 2. The Hall–Kier alpha value is -1.54. The number of rotatable bonds is 0. The third kappa shape index (κ3) is 1.01. The summed E-state index contributed by atoms with van der Waals surface area (Å²) < 4.78 is 5.49. The zero-order chi connectivity index (χ0) is 9.54. The molecule has 0 fully saturated rings. The minimum Gasteiger partial charge on any atom is -0.491 e. The second-order valence-electron chi connectivity index (χ2n) is 3.65. The molecule has 2 aromatic rings. The van der Waals surface area contributed by atoms with Crippen molar-refractivity contribution in [2.45, 2.75) is 6.04 Å². The number of fused-ring (bicyclic) bond motifs is 2. The fourth-order valence-corrected chi connectivity index (χ4v) is 1.92. The van der Waals surface area contributed by atoms with Crippen LogP contribution in [0.5, 0.6) is 5.75 Å². The van der Waals surface area contributed by atoms with Crippen molar-refractivity contribution in [2.75, 3.05) is 6.61 Å². The van der Waals surface area contributed by atoms with Gasteiger partial charge in [0.2, 0.25) is 0 Å². The van der Waals surface area contributed by atoms with Gasteiger partial charge in [0.1, 0.15) is 12.4 Å². The molecular weight excluding hydrogens is 174 g/mol. The summed E-state index contributed by atoms with van der Waals surface area (Å²) in [5.41, 5.74) is 7.04. The van der Waals surface area contributed by atoms with Gasteiger partial charge in [0.25, 0.3) is 0 Å². The van der Waals surface area contributed by atoms with E-state index in [2.05, 4.69) is 24.3 Å². The molecule has 0 saturated heterocycles. The van der Waals surface area contributed by atoms with Gasteiger partial charge in [-0.3, -0.25) is 0 Å². The van der Waals surface area contributed by atoms with Crippen LogP contribution in [0.2, 0.25) is 0 Å². The first kappa shape index (κ1) is 7.83. The number of nitrogens with two attached hydrogens (primary N) is 1. The van der Waals surface area contributed by atoms with Gasteiger partial charge >= 0.3 is 0 Å². The van der Waals surface area contributed by atoms with Crippen molar-refractivity contribution in [1.29, 1.82) is 0 Å². The lowest BCUT2D eigenvalue weighted by molar-refractivity contribution is 0.333. The summed E-state index contributed by atoms with van der Waals surface area (Å²) in [6.07, 6.45) is 0. The van der Waals surface area contributed by atoms with Crippen LogP contribution in [0.1, 0.15) is 11.6 Å². The molecule has 1 aliphatic rings. The van der Waals surface area contributed by atoms with E-state index in [1.807, 2.05) is 12.1 Å². The SMILES string of the molecule is NC1COc2cc3ccccc3cc21. The third-order valence-corrected chi connectivity index (χ3v) is 2.70. The maximum absolute atomic E-state index is 5.91. The standard InChI is InChI=1S/C12H11NO/c13-11-7-14-12-6-9-4-2-1-3-8(9)5-10(11)12/h1-6,11H,7,13H2. The van der Waals surface area contributed by atoms with Crippen LogP contribution in [-0.2, 0) is 0 Å². The zero-order valence-corrected chi connectivity index (χ0v) is 7.73. The Morgan fingerprint density at radius 3 is 2.64 bits per heavy atom. The first-order valence-electron chi connectivity index (χ1n) is 4.76. The van der Waals surface area contributed by atoms with Crippen molar-refractivity contribution >= 4 is 10.8 Å². The van der Waals surface area contributed by atoms with Crippen LogP contribution in [0.15, 0.2) is 36.4 Å². The smallest absolute Gasteiger partial charge is 0.124 e. The lowest BCUT2D eigenvalue weighted by Gasteiger charge is -2.03. The molecule has 0 bridgehead atoms. The van der Waals surface area contributed by atoms with Gasteiger partial charge in [-0.15, -0.1) is 0 Å². The highest BCUT2D eigenvalue weighted by atomic mass is 16.5. The monoisotopic (exact) mass is 185 g/mol. The molecule has 2 N–H and O–H groups in total. The van der Waals surface area contributed by atoms with Crippen LogP contribution < -0.4 is 10.5 Å². The van der Waals surface area contributed by atoms with Crippen LogP contribution in [0.25, 0.3) is 10.8 Å². The van der Waals surface area contributed by atoms with Crippen molar-refractivity contribution in [3.05, 3.63) is 42.0 Å². The van der Waals surface area contributed by atoms with Gasteiger partial charge in [-0.05, 0) is 22.9 Å². The molecule has 2 nitrogen and oxygen atoms in total. The summed E-state index contributed by atoms with van der Waals surface area (Å²) in [5.74, 6) is 0.941. The van der Waals surface area contributed by atoms with E-state index < -0.39 is 0 Å². The van der Waals surface area contributed by atoms with Gasteiger partial charge in [-0.25, -0.2) is 0 Å². The quantitative estimate of drug-likeness (QED) is 0.683. The lowest BCUT2D eigenvalue weighted by atomic mass is 10.0. The van der Waals surface area contributed by atoms with E-state index in [-0.39, 0.29) is 6.04 Å². The van der Waals surface area contributed by atoms with E-state index >= 15 is 0 Å². The molecule has 1 unspecified atom stereocenters. The number of benzene rings is 2. The van der Waals surface area contributed by atoms with Gasteiger partial charge < -0.3 is 10.5 Å². The van der Waals surface area contributed by atoms with Crippen molar-refractivity contribution in [3.63, 3.8) is 0 Å². The molecule has 0 spiro atoms. The Morgan fingerprint density at radius 2 is 1.86 bits per heavy atom.